The molecule has 5 aromatic rings. The molecule has 14 heteroatoms. The fourth-order valence-electron chi connectivity index (χ4n) is 4.99. The van der Waals surface area contributed by atoms with Crippen LogP contribution in [0.5, 0.6) is 5.75 Å². The number of carbonyl (C=O) groups is 1. The van der Waals surface area contributed by atoms with E-state index < -0.39 is 0 Å². The summed E-state index contributed by atoms with van der Waals surface area (Å²) in [6.45, 7) is 4.92. The van der Waals surface area contributed by atoms with E-state index in [-0.39, 0.29) is 30.8 Å². The van der Waals surface area contributed by atoms with Gasteiger partial charge in [0.25, 0.3) is 0 Å². The summed E-state index contributed by atoms with van der Waals surface area (Å²) in [6.07, 6.45) is 3.38. The zero-order valence-electron chi connectivity index (χ0n) is 22.4. The lowest BCUT2D eigenvalue weighted by molar-refractivity contribution is -0.119. The molecule has 5 heterocycles. The van der Waals surface area contributed by atoms with Gasteiger partial charge in [0.15, 0.2) is 11.4 Å². The summed E-state index contributed by atoms with van der Waals surface area (Å²) in [6, 6.07) is 10.4. The van der Waals surface area contributed by atoms with Gasteiger partial charge in [0.2, 0.25) is 11.9 Å². The number of fused-ring (bicyclic) bond motifs is 3. The monoisotopic (exact) mass is 562 g/mol. The number of benzene rings is 1. The van der Waals surface area contributed by atoms with Crippen LogP contribution in [0.3, 0.4) is 0 Å². The van der Waals surface area contributed by atoms with Crippen LogP contribution in [-0.2, 0) is 11.3 Å². The van der Waals surface area contributed by atoms with Crippen molar-refractivity contribution in [2.75, 3.05) is 63.1 Å². The van der Waals surface area contributed by atoms with Crippen LogP contribution in [0.15, 0.2) is 53.4 Å². The van der Waals surface area contributed by atoms with Crippen LogP contribution in [0.1, 0.15) is 0 Å². The lowest BCUT2D eigenvalue weighted by Crippen LogP contribution is -2.47. The first-order valence-corrected chi connectivity index (χ1v) is 13.4. The number of carbonyl (C=O) groups excluding carboxylic acids is 1. The van der Waals surface area contributed by atoms with E-state index in [2.05, 4.69) is 25.3 Å². The van der Waals surface area contributed by atoms with Gasteiger partial charge < -0.3 is 35.4 Å². The number of nitrogens with zero attached hydrogens (tertiary/aromatic N) is 7. The first-order chi connectivity index (χ1) is 20.0. The van der Waals surface area contributed by atoms with Gasteiger partial charge >= 0.3 is 0 Å². The van der Waals surface area contributed by atoms with Gasteiger partial charge in [0.1, 0.15) is 34.9 Å². The largest absolute Gasteiger partial charge is 0.492 e. The van der Waals surface area contributed by atoms with Crippen molar-refractivity contribution in [1.29, 1.82) is 0 Å². The third-order valence-corrected chi connectivity index (χ3v) is 7.14. The lowest BCUT2D eigenvalue weighted by atomic mass is 10.2. The predicted molar refractivity (Wildman–Crippen MR) is 151 cm³/mol. The van der Waals surface area contributed by atoms with Crippen molar-refractivity contribution in [2.45, 2.75) is 6.54 Å². The van der Waals surface area contributed by atoms with Crippen LogP contribution in [0.2, 0.25) is 0 Å². The summed E-state index contributed by atoms with van der Waals surface area (Å²) in [5.41, 5.74) is 14.9. The van der Waals surface area contributed by atoms with Crippen molar-refractivity contribution in [3.05, 3.63) is 54.8 Å². The number of nitrogen functional groups attached to an aromatic ring is 1. The minimum Gasteiger partial charge on any atom is -0.492 e. The molecule has 1 aromatic carbocycles. The van der Waals surface area contributed by atoms with E-state index in [9.17, 15) is 9.18 Å². The number of imidazole rings is 1. The number of hydrogen-bond acceptors (Lipinski definition) is 10. The first-order valence-electron chi connectivity index (χ1n) is 13.4. The molecule has 5 N–H and O–H groups in total. The molecule has 4 aromatic heterocycles. The molecule has 6 rings (SSSR count). The van der Waals surface area contributed by atoms with Gasteiger partial charge in [-0.15, -0.1) is 0 Å². The van der Waals surface area contributed by atoms with Gasteiger partial charge in [0.05, 0.1) is 31.4 Å². The molecule has 214 valence electrons. The number of rotatable bonds is 10. The quantitative estimate of drug-likeness (QED) is 0.212. The van der Waals surface area contributed by atoms with Crippen LogP contribution < -0.4 is 26.4 Å². The molecular formula is C27H31FN10O3. The molecule has 0 bridgehead atoms. The maximum Gasteiger partial charge on any atom is 0.233 e. The second-order valence-corrected chi connectivity index (χ2v) is 9.73. The highest BCUT2D eigenvalue weighted by atomic mass is 19.1. The summed E-state index contributed by atoms with van der Waals surface area (Å²) < 4.78 is 29.5. The van der Waals surface area contributed by atoms with Crippen molar-refractivity contribution < 1.29 is 18.3 Å². The van der Waals surface area contributed by atoms with E-state index in [1.807, 2.05) is 27.7 Å². The average Bonchev–Trinajstić information content (AvgIpc) is 3.75. The van der Waals surface area contributed by atoms with Gasteiger partial charge in [-0.2, -0.15) is 14.6 Å². The number of halogens is 1. The van der Waals surface area contributed by atoms with Crippen LogP contribution >= 0.6 is 0 Å². The maximum atomic E-state index is 14.9. The number of anilines is 2. The fourth-order valence-corrected chi connectivity index (χ4v) is 4.99. The van der Waals surface area contributed by atoms with Crippen LogP contribution in [0, 0.1) is 5.82 Å². The van der Waals surface area contributed by atoms with E-state index in [0.717, 1.165) is 30.7 Å². The number of piperazine rings is 1. The number of ether oxygens (including phenoxy) is 1. The highest BCUT2D eigenvalue weighted by Crippen LogP contribution is 2.27. The zero-order chi connectivity index (χ0) is 28.3. The third kappa shape index (κ3) is 5.51. The molecule has 1 fully saturated rings. The summed E-state index contributed by atoms with van der Waals surface area (Å²) in [7, 11) is 0. The number of hydrogen-bond donors (Lipinski definition) is 3. The standard InChI is InChI=1S/C27H31FN10O3/c28-19-14-18(40-13-5-31-24(39)16-29)3-4-21(19)36-9-6-35(7-10-36)8-11-37-17-32-25-22-15-20(23-2-1-12-41-23)34-38(22)27(30)33-26(25)37/h1-4,12,14-15,17H,5-11,13,16,29H2,(H2,30,33)(H,31,39). The van der Waals surface area contributed by atoms with Crippen molar-refractivity contribution in [1.82, 2.24) is 34.4 Å². The molecule has 13 nitrogen and oxygen atoms in total. The molecule has 1 amide bonds. The van der Waals surface area contributed by atoms with E-state index in [1.54, 1.807) is 29.2 Å². The molecule has 1 aliphatic rings. The number of nitrogens with one attached hydrogen (secondary N) is 1. The first kappa shape index (κ1) is 26.5. The van der Waals surface area contributed by atoms with E-state index in [0.29, 0.717) is 54.7 Å². The predicted octanol–water partition coefficient (Wildman–Crippen LogP) is 1.34. The Hall–Kier alpha value is -4.69. The number of aromatic nitrogens is 5. The van der Waals surface area contributed by atoms with Crippen LogP contribution in [0.25, 0.3) is 28.1 Å². The Morgan fingerprint density at radius 2 is 2.00 bits per heavy atom. The van der Waals surface area contributed by atoms with Crippen molar-refractivity contribution in [2.24, 2.45) is 5.73 Å². The number of furan rings is 1. The van der Waals surface area contributed by atoms with Crippen molar-refractivity contribution in [3.63, 3.8) is 0 Å². The topological polar surface area (TPSA) is 158 Å². The summed E-state index contributed by atoms with van der Waals surface area (Å²) in [5.74, 6) is 0.743. The van der Waals surface area contributed by atoms with E-state index >= 15 is 0 Å². The Morgan fingerprint density at radius 3 is 2.76 bits per heavy atom. The van der Waals surface area contributed by atoms with Crippen molar-refractivity contribution in [3.8, 4) is 17.2 Å². The Bertz CT molecular complexity index is 1660. The van der Waals surface area contributed by atoms with Crippen molar-refractivity contribution >= 4 is 34.2 Å². The van der Waals surface area contributed by atoms with E-state index in [4.69, 9.17) is 20.6 Å². The molecule has 41 heavy (non-hydrogen) atoms. The van der Waals surface area contributed by atoms with Gasteiger partial charge in [-0.25, -0.2) is 9.37 Å². The minimum atomic E-state index is -0.336. The fraction of sp³-hybridized carbons (Fsp3) is 0.333. The maximum absolute atomic E-state index is 14.9. The minimum absolute atomic E-state index is 0.0761. The van der Waals surface area contributed by atoms with Crippen LogP contribution in [0.4, 0.5) is 16.0 Å². The second-order valence-electron chi connectivity index (χ2n) is 9.73. The van der Waals surface area contributed by atoms with Gasteiger partial charge in [0, 0.05) is 45.3 Å². The zero-order valence-corrected chi connectivity index (χ0v) is 22.4. The second kappa shape index (κ2) is 11.4. The SMILES string of the molecule is NCC(=O)NCCOc1ccc(N2CCN(CCn3cnc4c3nc(N)n3nc(-c5ccco5)cc43)CC2)c(F)c1. The highest BCUT2D eigenvalue weighted by molar-refractivity contribution is 5.90. The number of nitrogens with two attached hydrogens (primary N) is 2. The van der Waals surface area contributed by atoms with Crippen LogP contribution in [-0.4, -0.2) is 87.4 Å². The van der Waals surface area contributed by atoms with Gasteiger partial charge in [-0.05, 0) is 30.3 Å². The Morgan fingerprint density at radius 1 is 1.15 bits per heavy atom. The molecule has 0 saturated carbocycles. The highest BCUT2D eigenvalue weighted by Gasteiger charge is 2.21. The Kier molecular flexibility index (Phi) is 7.39. The molecule has 0 spiro atoms. The van der Waals surface area contributed by atoms with E-state index in [1.165, 1.54) is 6.07 Å². The summed E-state index contributed by atoms with van der Waals surface area (Å²) in [5, 5.41) is 7.14. The molecule has 1 aliphatic heterocycles. The smallest absolute Gasteiger partial charge is 0.233 e. The molecule has 0 atom stereocenters. The van der Waals surface area contributed by atoms with Gasteiger partial charge in [-0.1, -0.05) is 0 Å². The third-order valence-electron chi connectivity index (χ3n) is 7.14. The Balaban J connectivity index is 1.04. The molecule has 0 radical (unpaired) electrons. The summed E-state index contributed by atoms with van der Waals surface area (Å²) >= 11 is 0. The Labute approximate surface area is 234 Å². The molecule has 0 aliphatic carbocycles. The lowest BCUT2D eigenvalue weighted by Gasteiger charge is -2.36. The van der Waals surface area contributed by atoms with Gasteiger partial charge in [-0.3, -0.25) is 9.69 Å². The summed E-state index contributed by atoms with van der Waals surface area (Å²) in [4.78, 5) is 24.7. The molecule has 1 saturated heterocycles. The molecule has 0 unspecified atom stereocenters. The average molecular weight is 563 g/mol. The molecular weight excluding hydrogens is 531 g/mol. The number of amides is 1. The normalized spacial score (nSPS) is 14.2.